The van der Waals surface area contributed by atoms with Gasteiger partial charge in [-0.1, -0.05) is 0 Å². The van der Waals surface area contributed by atoms with Gasteiger partial charge in [-0.25, -0.2) is 4.79 Å². The third-order valence-corrected chi connectivity index (χ3v) is 2.10. The van der Waals surface area contributed by atoms with Gasteiger partial charge in [0.15, 0.2) is 11.5 Å². The van der Waals surface area contributed by atoms with Crippen molar-refractivity contribution in [1.29, 1.82) is 0 Å². The van der Waals surface area contributed by atoms with Crippen LogP contribution in [-0.4, -0.2) is 24.8 Å². The first-order valence-electron chi connectivity index (χ1n) is 4.96. The molecule has 0 aliphatic rings. The van der Waals surface area contributed by atoms with Gasteiger partial charge in [0.2, 0.25) is 0 Å². The Kier molecular flexibility index (Phi) is 4.05. The molecule has 0 unspecified atom stereocenters. The number of halogens is 3. The zero-order chi connectivity index (χ0) is 13.9. The number of methoxy groups -OCH3 is 1. The molecule has 0 heterocycles. The molecule has 0 aliphatic heterocycles. The van der Waals surface area contributed by atoms with Gasteiger partial charge in [0, 0.05) is 0 Å². The number of rotatable bonds is 3. The fourth-order valence-corrected chi connectivity index (χ4v) is 1.33. The molecule has 0 fully saturated rings. The molecule has 0 spiro atoms. The average molecular weight is 264 g/mol. The van der Waals surface area contributed by atoms with E-state index in [0.29, 0.717) is 6.07 Å². The number of ether oxygens (including phenoxy) is 2. The van der Waals surface area contributed by atoms with E-state index in [9.17, 15) is 23.1 Å². The van der Waals surface area contributed by atoms with Crippen molar-refractivity contribution in [2.45, 2.75) is 13.1 Å². The summed E-state index contributed by atoms with van der Waals surface area (Å²) in [7, 11) is 1.04. The van der Waals surface area contributed by atoms with Gasteiger partial charge in [0.1, 0.15) is 5.56 Å². The molecule has 18 heavy (non-hydrogen) atoms. The van der Waals surface area contributed by atoms with Crippen molar-refractivity contribution in [1.82, 2.24) is 0 Å². The number of hydrogen-bond donors (Lipinski definition) is 1. The van der Waals surface area contributed by atoms with Crippen LogP contribution in [-0.2, 0) is 10.9 Å². The maximum Gasteiger partial charge on any atom is 0.420 e. The van der Waals surface area contributed by atoms with Gasteiger partial charge in [-0.3, -0.25) is 0 Å². The lowest BCUT2D eigenvalue weighted by molar-refractivity contribution is -0.138. The van der Waals surface area contributed by atoms with Crippen molar-refractivity contribution in [2.24, 2.45) is 0 Å². The standard InChI is InChI=1S/C11H11F3O4/c1-3-18-8-5-6(10(16)17-2)4-7(9(8)15)11(12,13)14/h4-5,15H,3H2,1-2H3. The summed E-state index contributed by atoms with van der Waals surface area (Å²) in [6.07, 6.45) is -4.79. The van der Waals surface area contributed by atoms with Crippen LogP contribution in [0.3, 0.4) is 0 Å². The molecule has 7 heteroatoms. The van der Waals surface area contributed by atoms with E-state index in [2.05, 4.69) is 4.74 Å². The highest BCUT2D eigenvalue weighted by Crippen LogP contribution is 2.41. The maximum atomic E-state index is 12.6. The van der Waals surface area contributed by atoms with Crippen molar-refractivity contribution in [3.05, 3.63) is 23.3 Å². The molecule has 0 saturated carbocycles. The molecule has 1 aromatic carbocycles. The molecule has 0 amide bonds. The van der Waals surface area contributed by atoms with Gasteiger partial charge < -0.3 is 14.6 Å². The minimum atomic E-state index is -4.79. The number of phenols is 1. The lowest BCUT2D eigenvalue weighted by Gasteiger charge is -2.14. The van der Waals surface area contributed by atoms with E-state index in [1.54, 1.807) is 0 Å². The molecule has 0 aromatic heterocycles. The largest absolute Gasteiger partial charge is 0.504 e. The number of carbonyl (C=O) groups excluding carboxylic acids is 1. The number of aromatic hydroxyl groups is 1. The lowest BCUT2D eigenvalue weighted by atomic mass is 10.1. The number of phenolic OH excluding ortho intramolecular Hbond substituents is 1. The normalized spacial score (nSPS) is 11.2. The summed E-state index contributed by atoms with van der Waals surface area (Å²) in [5, 5.41) is 9.44. The van der Waals surface area contributed by atoms with Crippen molar-refractivity contribution >= 4 is 5.97 Å². The van der Waals surface area contributed by atoms with E-state index >= 15 is 0 Å². The minimum absolute atomic E-state index is 0.0511. The number of benzene rings is 1. The van der Waals surface area contributed by atoms with Crippen LogP contribution in [0.25, 0.3) is 0 Å². The van der Waals surface area contributed by atoms with E-state index in [-0.39, 0.29) is 12.2 Å². The maximum absolute atomic E-state index is 12.6. The number of hydrogen-bond acceptors (Lipinski definition) is 4. The highest BCUT2D eigenvalue weighted by Gasteiger charge is 2.36. The Morgan fingerprint density at radius 2 is 2.00 bits per heavy atom. The van der Waals surface area contributed by atoms with Gasteiger partial charge in [-0.2, -0.15) is 13.2 Å². The van der Waals surface area contributed by atoms with Gasteiger partial charge in [-0.15, -0.1) is 0 Å². The molecule has 0 aliphatic carbocycles. The van der Waals surface area contributed by atoms with Crippen molar-refractivity contribution < 1.29 is 32.5 Å². The molecule has 4 nitrogen and oxygen atoms in total. The Labute approximate surface area is 101 Å². The zero-order valence-electron chi connectivity index (χ0n) is 9.67. The Bertz CT molecular complexity index is 454. The first kappa shape index (κ1) is 14.1. The number of carbonyl (C=O) groups is 1. The van der Waals surface area contributed by atoms with Gasteiger partial charge >= 0.3 is 12.1 Å². The summed E-state index contributed by atoms with van der Waals surface area (Å²) in [6, 6.07) is 1.52. The number of alkyl halides is 3. The third-order valence-electron chi connectivity index (χ3n) is 2.10. The van der Waals surface area contributed by atoms with Crippen LogP contribution in [0, 0.1) is 0 Å². The zero-order valence-corrected chi connectivity index (χ0v) is 9.67. The minimum Gasteiger partial charge on any atom is -0.504 e. The lowest BCUT2D eigenvalue weighted by Crippen LogP contribution is -2.10. The number of esters is 1. The molecule has 0 radical (unpaired) electrons. The van der Waals surface area contributed by atoms with E-state index in [4.69, 9.17) is 4.74 Å². The van der Waals surface area contributed by atoms with Gasteiger partial charge in [0.25, 0.3) is 0 Å². The van der Waals surface area contributed by atoms with Crippen LogP contribution < -0.4 is 4.74 Å². The Morgan fingerprint density at radius 3 is 2.44 bits per heavy atom. The highest BCUT2D eigenvalue weighted by molar-refractivity contribution is 5.90. The molecule has 100 valence electrons. The molecule has 1 aromatic rings. The van der Waals surface area contributed by atoms with Crippen LogP contribution in [0.15, 0.2) is 12.1 Å². The topological polar surface area (TPSA) is 55.8 Å². The first-order chi connectivity index (χ1) is 8.31. The average Bonchev–Trinajstić information content (AvgIpc) is 2.29. The Morgan fingerprint density at radius 1 is 1.39 bits per heavy atom. The second-order valence-corrected chi connectivity index (χ2v) is 3.29. The van der Waals surface area contributed by atoms with Crippen LogP contribution in [0.5, 0.6) is 11.5 Å². The van der Waals surface area contributed by atoms with E-state index in [1.165, 1.54) is 6.92 Å². The Balaban J connectivity index is 3.41. The summed E-state index contributed by atoms with van der Waals surface area (Å²) in [5.41, 5.74) is -1.68. The summed E-state index contributed by atoms with van der Waals surface area (Å²) in [5.74, 6) is -2.40. The molecule has 1 N–H and O–H groups in total. The van der Waals surface area contributed by atoms with Crippen LogP contribution in [0.2, 0.25) is 0 Å². The van der Waals surface area contributed by atoms with Gasteiger partial charge in [0.05, 0.1) is 19.3 Å². The summed E-state index contributed by atoms with van der Waals surface area (Å²) < 4.78 is 47.1. The smallest absolute Gasteiger partial charge is 0.420 e. The van der Waals surface area contributed by atoms with E-state index in [0.717, 1.165) is 13.2 Å². The second-order valence-electron chi connectivity index (χ2n) is 3.29. The molecule has 0 bridgehead atoms. The SMILES string of the molecule is CCOc1cc(C(=O)OC)cc(C(F)(F)F)c1O. The van der Waals surface area contributed by atoms with Crippen LogP contribution in [0.4, 0.5) is 13.2 Å². The predicted molar refractivity (Wildman–Crippen MR) is 55.6 cm³/mol. The monoisotopic (exact) mass is 264 g/mol. The molecular formula is C11H11F3O4. The summed E-state index contributed by atoms with van der Waals surface area (Å²) >= 11 is 0. The highest BCUT2D eigenvalue weighted by atomic mass is 19.4. The third kappa shape index (κ3) is 2.85. The first-order valence-corrected chi connectivity index (χ1v) is 4.96. The van der Waals surface area contributed by atoms with Crippen molar-refractivity contribution in [3.63, 3.8) is 0 Å². The molecular weight excluding hydrogens is 253 g/mol. The van der Waals surface area contributed by atoms with Gasteiger partial charge in [-0.05, 0) is 19.1 Å². The Hall–Kier alpha value is -1.92. The second kappa shape index (κ2) is 5.16. The molecule has 1 rings (SSSR count). The summed E-state index contributed by atoms with van der Waals surface area (Å²) in [4.78, 5) is 11.2. The van der Waals surface area contributed by atoms with E-state index < -0.39 is 29.2 Å². The van der Waals surface area contributed by atoms with Crippen molar-refractivity contribution in [2.75, 3.05) is 13.7 Å². The van der Waals surface area contributed by atoms with Crippen LogP contribution in [0.1, 0.15) is 22.8 Å². The van der Waals surface area contributed by atoms with Crippen LogP contribution >= 0.6 is 0 Å². The van der Waals surface area contributed by atoms with E-state index in [1.807, 2.05) is 0 Å². The van der Waals surface area contributed by atoms with Crippen molar-refractivity contribution in [3.8, 4) is 11.5 Å². The molecule has 0 saturated heterocycles. The fourth-order valence-electron chi connectivity index (χ4n) is 1.33. The quantitative estimate of drug-likeness (QED) is 0.852. The summed E-state index contributed by atoms with van der Waals surface area (Å²) in [6.45, 7) is 1.59. The fraction of sp³-hybridized carbons (Fsp3) is 0.364. The molecule has 0 atom stereocenters. The predicted octanol–water partition coefficient (Wildman–Crippen LogP) is 2.60.